The molecule has 30 heavy (non-hydrogen) atoms. The summed E-state index contributed by atoms with van der Waals surface area (Å²) < 4.78 is 33.4. The number of phenols is 1. The molecular weight excluding hydrogens is 392 g/mol. The lowest BCUT2D eigenvalue weighted by Gasteiger charge is -2.40. The molecule has 5 atom stereocenters. The second-order valence-corrected chi connectivity index (χ2v) is 7.71. The molecule has 0 saturated carbocycles. The Morgan fingerprint density at radius 1 is 0.933 bits per heavy atom. The van der Waals surface area contributed by atoms with Gasteiger partial charge in [0.05, 0.1) is 26.9 Å². The van der Waals surface area contributed by atoms with Gasteiger partial charge < -0.3 is 38.6 Å². The van der Waals surface area contributed by atoms with Crippen LogP contribution in [0.3, 0.4) is 0 Å². The molecule has 1 saturated heterocycles. The molecule has 8 heteroatoms. The molecule has 1 fully saturated rings. The number of hydrogen-bond acceptors (Lipinski definition) is 8. The van der Waals surface area contributed by atoms with Gasteiger partial charge in [-0.15, -0.1) is 0 Å². The lowest BCUT2D eigenvalue weighted by atomic mass is 9.66. The summed E-state index contributed by atoms with van der Waals surface area (Å²) in [5, 5.41) is 21.6. The van der Waals surface area contributed by atoms with Crippen molar-refractivity contribution < 1.29 is 38.6 Å². The highest BCUT2D eigenvalue weighted by Crippen LogP contribution is 2.56. The Kier molecular flexibility index (Phi) is 4.65. The number of fused-ring (bicyclic) bond motifs is 3. The smallest absolute Gasteiger partial charge is 0.231 e. The zero-order valence-electron chi connectivity index (χ0n) is 17.0. The van der Waals surface area contributed by atoms with Crippen molar-refractivity contribution in [2.75, 3.05) is 34.7 Å². The number of benzene rings is 2. The van der Waals surface area contributed by atoms with Crippen LogP contribution < -0.4 is 18.9 Å². The zero-order chi connectivity index (χ0) is 21.0. The number of aliphatic hydroxyl groups excluding tert-OH is 1. The molecular formula is C22H24O8. The summed E-state index contributed by atoms with van der Waals surface area (Å²) in [6, 6.07) is 7.34. The lowest BCUT2D eigenvalue weighted by molar-refractivity contribution is -0.113. The molecule has 160 valence electrons. The summed E-state index contributed by atoms with van der Waals surface area (Å²) in [4.78, 5) is 0. The van der Waals surface area contributed by atoms with Crippen molar-refractivity contribution in [2.24, 2.45) is 11.8 Å². The second kappa shape index (κ2) is 7.23. The average Bonchev–Trinajstić information content (AvgIpc) is 3.40. The molecule has 0 radical (unpaired) electrons. The maximum atomic E-state index is 11.2. The molecule has 0 aromatic heterocycles. The molecule has 2 heterocycles. The first-order valence-corrected chi connectivity index (χ1v) is 9.78. The minimum absolute atomic E-state index is 0.0620. The largest absolute Gasteiger partial charge is 0.502 e. The normalized spacial score (nSPS) is 28.7. The highest BCUT2D eigenvalue weighted by Gasteiger charge is 2.52. The molecule has 0 spiro atoms. The van der Waals surface area contributed by atoms with Gasteiger partial charge in [0.15, 0.2) is 29.3 Å². The quantitative estimate of drug-likeness (QED) is 0.785. The van der Waals surface area contributed by atoms with Crippen molar-refractivity contribution in [3.05, 3.63) is 41.0 Å². The van der Waals surface area contributed by atoms with Gasteiger partial charge in [0, 0.05) is 24.9 Å². The van der Waals surface area contributed by atoms with Crippen LogP contribution in [0.5, 0.6) is 28.7 Å². The Hall–Kier alpha value is -2.68. The fourth-order valence-corrected chi connectivity index (χ4v) is 4.99. The van der Waals surface area contributed by atoms with E-state index in [0.29, 0.717) is 29.6 Å². The molecule has 2 aromatic rings. The minimum atomic E-state index is -0.725. The van der Waals surface area contributed by atoms with Crippen LogP contribution in [0.4, 0.5) is 0 Å². The third kappa shape index (κ3) is 2.71. The number of ether oxygens (including phenoxy) is 6. The predicted octanol–water partition coefficient (Wildman–Crippen LogP) is 2.55. The van der Waals surface area contributed by atoms with Gasteiger partial charge in [-0.3, -0.25) is 0 Å². The van der Waals surface area contributed by atoms with Crippen LogP contribution >= 0.6 is 0 Å². The third-order valence-corrected chi connectivity index (χ3v) is 6.38. The Morgan fingerprint density at radius 3 is 2.17 bits per heavy atom. The third-order valence-electron chi connectivity index (χ3n) is 6.38. The van der Waals surface area contributed by atoms with Gasteiger partial charge in [-0.1, -0.05) is 0 Å². The molecule has 1 aliphatic carbocycles. The van der Waals surface area contributed by atoms with Crippen molar-refractivity contribution >= 4 is 0 Å². The fraction of sp³-hybridized carbons (Fsp3) is 0.455. The van der Waals surface area contributed by atoms with Crippen molar-refractivity contribution in [1.29, 1.82) is 0 Å². The van der Waals surface area contributed by atoms with E-state index in [2.05, 4.69) is 0 Å². The van der Waals surface area contributed by atoms with Gasteiger partial charge in [-0.25, -0.2) is 0 Å². The first-order chi connectivity index (χ1) is 14.6. The Morgan fingerprint density at radius 2 is 1.57 bits per heavy atom. The molecule has 0 unspecified atom stereocenters. The van der Waals surface area contributed by atoms with Crippen molar-refractivity contribution in [1.82, 2.24) is 0 Å². The summed E-state index contributed by atoms with van der Waals surface area (Å²) in [5.41, 5.74) is 2.53. The van der Waals surface area contributed by atoms with Crippen molar-refractivity contribution in [3.63, 3.8) is 0 Å². The zero-order valence-corrected chi connectivity index (χ0v) is 17.0. The summed E-state index contributed by atoms with van der Waals surface area (Å²) >= 11 is 0. The van der Waals surface area contributed by atoms with Crippen molar-refractivity contribution in [2.45, 2.75) is 18.3 Å². The molecule has 2 aliphatic heterocycles. The molecule has 0 bridgehead atoms. The molecule has 0 amide bonds. The van der Waals surface area contributed by atoms with E-state index in [-0.39, 0.29) is 30.3 Å². The number of aromatic hydroxyl groups is 1. The van der Waals surface area contributed by atoms with E-state index in [1.165, 1.54) is 14.2 Å². The van der Waals surface area contributed by atoms with Crippen molar-refractivity contribution in [3.8, 4) is 28.7 Å². The molecule has 3 aliphatic rings. The van der Waals surface area contributed by atoms with Crippen LogP contribution in [-0.2, 0) is 9.47 Å². The highest BCUT2D eigenvalue weighted by atomic mass is 16.7. The summed E-state index contributed by atoms with van der Waals surface area (Å²) in [7, 11) is 4.59. The maximum Gasteiger partial charge on any atom is 0.231 e. The molecule has 8 nitrogen and oxygen atoms in total. The highest BCUT2D eigenvalue weighted by molar-refractivity contribution is 5.58. The fourth-order valence-electron chi connectivity index (χ4n) is 4.99. The van der Waals surface area contributed by atoms with E-state index in [1.807, 2.05) is 12.1 Å². The van der Waals surface area contributed by atoms with Crippen LogP contribution in [0.15, 0.2) is 24.3 Å². The van der Waals surface area contributed by atoms with E-state index in [1.54, 1.807) is 19.2 Å². The number of phenolic OH excluding ortho intramolecular Hbond substituents is 1. The standard InChI is InChI=1S/C22H24O8/c1-25-16-4-10(5-17(26-2)21(16)24)18-11-6-14-15(30-9-29-14)7-12(11)20(23)13-8-28-22(27-3)19(13)18/h4-7,13,18-20,22-24H,8-9H2,1-3H3/t13-,18+,19-,20+,22+/m0/s1. The van der Waals surface area contributed by atoms with Gasteiger partial charge in [0.25, 0.3) is 0 Å². The van der Waals surface area contributed by atoms with Crippen LogP contribution in [0.2, 0.25) is 0 Å². The Labute approximate surface area is 173 Å². The van der Waals surface area contributed by atoms with Gasteiger partial charge in [0.2, 0.25) is 12.5 Å². The maximum absolute atomic E-state index is 11.2. The summed E-state index contributed by atoms with van der Waals surface area (Å²) in [5.74, 6) is 1.27. The SMILES string of the molecule is COc1cc([C@@H]2c3cc4c(cc3[C@@H](O)[C@H]3CO[C@@H](OC)[C@H]23)OCO4)cc(OC)c1O. The van der Waals surface area contributed by atoms with Gasteiger partial charge in [-0.05, 0) is 41.0 Å². The number of aliphatic hydroxyl groups is 1. The van der Waals surface area contributed by atoms with E-state index >= 15 is 0 Å². The average molecular weight is 416 g/mol. The van der Waals surface area contributed by atoms with Crippen LogP contribution in [0.25, 0.3) is 0 Å². The molecule has 5 rings (SSSR count). The lowest BCUT2D eigenvalue weighted by Crippen LogP contribution is -2.37. The van der Waals surface area contributed by atoms with Gasteiger partial charge in [-0.2, -0.15) is 0 Å². The summed E-state index contributed by atoms with van der Waals surface area (Å²) in [6.07, 6.45) is -1.21. The monoisotopic (exact) mass is 416 g/mol. The minimum Gasteiger partial charge on any atom is -0.502 e. The first-order valence-electron chi connectivity index (χ1n) is 9.78. The van der Waals surface area contributed by atoms with Gasteiger partial charge in [0.1, 0.15) is 0 Å². The van der Waals surface area contributed by atoms with Crippen LogP contribution in [-0.4, -0.2) is 51.2 Å². The Balaban J connectivity index is 1.74. The second-order valence-electron chi connectivity index (χ2n) is 7.71. The van der Waals surface area contributed by atoms with E-state index in [4.69, 9.17) is 28.4 Å². The number of rotatable bonds is 4. The van der Waals surface area contributed by atoms with E-state index in [0.717, 1.165) is 16.7 Å². The van der Waals surface area contributed by atoms with Crippen LogP contribution in [0.1, 0.15) is 28.7 Å². The van der Waals surface area contributed by atoms with E-state index in [9.17, 15) is 10.2 Å². The number of methoxy groups -OCH3 is 3. The first kappa shape index (κ1) is 19.3. The summed E-state index contributed by atoms with van der Waals surface area (Å²) in [6.45, 7) is 0.525. The van der Waals surface area contributed by atoms with Crippen LogP contribution in [0, 0.1) is 11.8 Å². The van der Waals surface area contributed by atoms with Gasteiger partial charge >= 0.3 is 0 Å². The predicted molar refractivity (Wildman–Crippen MR) is 104 cm³/mol. The van der Waals surface area contributed by atoms with E-state index < -0.39 is 12.4 Å². The topological polar surface area (TPSA) is 95.8 Å². The number of hydrogen-bond donors (Lipinski definition) is 2. The Bertz CT molecular complexity index is 949. The molecule has 2 N–H and O–H groups in total. The molecule has 2 aromatic carbocycles.